The molecule has 2 nitrogen and oxygen atoms in total. The molecule has 1 aromatic heterocycles. The molecule has 0 aliphatic carbocycles. The van der Waals surface area contributed by atoms with Crippen LogP contribution in [0.1, 0.15) is 17.2 Å². The van der Waals surface area contributed by atoms with Crippen molar-refractivity contribution in [2.24, 2.45) is 5.73 Å². The largest absolute Gasteiger partial charge is 0.496 e. The summed E-state index contributed by atoms with van der Waals surface area (Å²) in [5.41, 5.74) is 8.33. The van der Waals surface area contributed by atoms with Crippen LogP contribution in [0.5, 0.6) is 5.75 Å². The molecule has 0 aliphatic rings. The highest BCUT2D eigenvalue weighted by Gasteiger charge is 2.18. The topological polar surface area (TPSA) is 35.2 Å². The number of thiophene rings is 1. The van der Waals surface area contributed by atoms with E-state index in [1.165, 1.54) is 0 Å². The summed E-state index contributed by atoms with van der Waals surface area (Å²) in [4.78, 5) is 0. The van der Waals surface area contributed by atoms with Crippen LogP contribution >= 0.6 is 43.2 Å². The second kappa shape index (κ2) is 5.52. The van der Waals surface area contributed by atoms with E-state index >= 15 is 0 Å². The second-order valence-corrected chi connectivity index (χ2v) is 7.25. The first-order chi connectivity index (χ1) is 8.13. The predicted octanol–water partition coefficient (Wildman–Crippen LogP) is 4.33. The Morgan fingerprint density at radius 1 is 1.24 bits per heavy atom. The van der Waals surface area contributed by atoms with Crippen LogP contribution in [-0.4, -0.2) is 7.11 Å². The lowest BCUT2D eigenvalue weighted by Gasteiger charge is -2.15. The van der Waals surface area contributed by atoms with Gasteiger partial charge in [-0.15, -0.1) is 11.3 Å². The van der Waals surface area contributed by atoms with Gasteiger partial charge in [-0.05, 0) is 49.6 Å². The van der Waals surface area contributed by atoms with Crippen molar-refractivity contribution in [2.45, 2.75) is 6.04 Å². The molecular weight excluding hydrogens is 366 g/mol. The normalized spacial score (nSPS) is 12.5. The van der Waals surface area contributed by atoms with E-state index in [2.05, 4.69) is 31.9 Å². The smallest absolute Gasteiger partial charge is 0.123 e. The maximum Gasteiger partial charge on any atom is 0.123 e. The molecule has 0 bridgehead atoms. The Labute approximate surface area is 121 Å². The van der Waals surface area contributed by atoms with Crippen LogP contribution in [0.4, 0.5) is 0 Å². The van der Waals surface area contributed by atoms with Crippen molar-refractivity contribution in [3.8, 4) is 5.75 Å². The Hall–Kier alpha value is -0.360. The maximum absolute atomic E-state index is 6.28. The molecule has 0 amide bonds. The molecule has 0 saturated carbocycles. The molecule has 2 aromatic rings. The Kier molecular flexibility index (Phi) is 4.25. The second-order valence-electron chi connectivity index (χ2n) is 3.50. The summed E-state index contributed by atoms with van der Waals surface area (Å²) in [6.07, 6.45) is 0. The molecule has 0 saturated heterocycles. The zero-order valence-corrected chi connectivity index (χ0v) is 13.1. The van der Waals surface area contributed by atoms with Crippen molar-refractivity contribution in [2.75, 3.05) is 7.11 Å². The van der Waals surface area contributed by atoms with Crippen LogP contribution in [0.15, 0.2) is 37.9 Å². The molecule has 1 atom stereocenters. The third-order valence-corrected chi connectivity index (χ3v) is 4.88. The molecule has 0 radical (unpaired) electrons. The van der Waals surface area contributed by atoms with Gasteiger partial charge < -0.3 is 10.5 Å². The molecule has 1 aromatic carbocycles. The number of ether oxygens (including phenoxy) is 1. The van der Waals surface area contributed by atoms with Crippen molar-refractivity contribution in [1.29, 1.82) is 0 Å². The van der Waals surface area contributed by atoms with Crippen LogP contribution in [-0.2, 0) is 0 Å². The molecule has 0 aliphatic heterocycles. The van der Waals surface area contributed by atoms with Gasteiger partial charge in [0, 0.05) is 5.56 Å². The molecule has 0 spiro atoms. The first-order valence-corrected chi connectivity index (χ1v) is 7.37. The Balaban J connectivity index is 2.43. The summed E-state index contributed by atoms with van der Waals surface area (Å²) in [6, 6.07) is 9.65. The van der Waals surface area contributed by atoms with Crippen LogP contribution < -0.4 is 10.5 Å². The number of halogens is 2. The van der Waals surface area contributed by atoms with Gasteiger partial charge in [0.2, 0.25) is 0 Å². The van der Waals surface area contributed by atoms with Gasteiger partial charge in [-0.1, -0.05) is 18.2 Å². The number of methoxy groups -OCH3 is 1. The summed E-state index contributed by atoms with van der Waals surface area (Å²) in [5, 5.41) is 0. The summed E-state index contributed by atoms with van der Waals surface area (Å²) < 4.78 is 7.44. The van der Waals surface area contributed by atoms with Crippen LogP contribution in [0.2, 0.25) is 0 Å². The summed E-state index contributed by atoms with van der Waals surface area (Å²) in [5.74, 6) is 0.814. The summed E-state index contributed by atoms with van der Waals surface area (Å²) in [7, 11) is 1.66. The minimum atomic E-state index is -0.192. The third-order valence-electron chi connectivity index (χ3n) is 2.49. The van der Waals surface area contributed by atoms with Gasteiger partial charge in [-0.2, -0.15) is 0 Å². The fourth-order valence-corrected chi connectivity index (χ4v) is 4.58. The lowest BCUT2D eigenvalue weighted by Crippen LogP contribution is -2.12. The van der Waals surface area contributed by atoms with Gasteiger partial charge >= 0.3 is 0 Å². The zero-order valence-electron chi connectivity index (χ0n) is 9.11. The quantitative estimate of drug-likeness (QED) is 0.865. The van der Waals surface area contributed by atoms with E-state index in [-0.39, 0.29) is 6.04 Å². The molecule has 17 heavy (non-hydrogen) atoms. The molecule has 5 heteroatoms. The zero-order chi connectivity index (χ0) is 12.4. The van der Waals surface area contributed by atoms with Gasteiger partial charge in [0.05, 0.1) is 20.7 Å². The minimum Gasteiger partial charge on any atom is -0.496 e. The van der Waals surface area contributed by atoms with Crippen molar-refractivity contribution >= 4 is 43.2 Å². The van der Waals surface area contributed by atoms with E-state index in [4.69, 9.17) is 10.5 Å². The number of hydrogen-bond acceptors (Lipinski definition) is 3. The van der Waals surface area contributed by atoms with E-state index in [9.17, 15) is 0 Å². The first kappa shape index (κ1) is 13.1. The van der Waals surface area contributed by atoms with Gasteiger partial charge in [0.15, 0.2) is 0 Å². The highest BCUT2D eigenvalue weighted by molar-refractivity contribution is 9.12. The van der Waals surface area contributed by atoms with E-state index in [0.29, 0.717) is 0 Å². The molecular formula is C12H11Br2NOS. The fourth-order valence-electron chi connectivity index (χ4n) is 1.66. The third kappa shape index (κ3) is 2.73. The molecule has 90 valence electrons. The lowest BCUT2D eigenvalue weighted by molar-refractivity contribution is 0.408. The predicted molar refractivity (Wildman–Crippen MR) is 78.7 cm³/mol. The van der Waals surface area contributed by atoms with E-state index < -0.39 is 0 Å². The van der Waals surface area contributed by atoms with Gasteiger partial charge in [-0.25, -0.2) is 0 Å². The average Bonchev–Trinajstić information content (AvgIpc) is 2.67. The number of benzene rings is 1. The number of rotatable bonds is 3. The summed E-state index contributed by atoms with van der Waals surface area (Å²) >= 11 is 8.61. The molecule has 1 heterocycles. The van der Waals surface area contributed by atoms with Gasteiger partial charge in [-0.3, -0.25) is 0 Å². The number of nitrogens with two attached hydrogens (primary N) is 1. The van der Waals surface area contributed by atoms with E-state index in [1.807, 2.05) is 30.3 Å². The van der Waals surface area contributed by atoms with E-state index in [1.54, 1.807) is 18.4 Å². The number of hydrogen-bond donors (Lipinski definition) is 1. The van der Waals surface area contributed by atoms with Crippen molar-refractivity contribution in [3.05, 3.63) is 49.0 Å². The maximum atomic E-state index is 6.28. The van der Waals surface area contributed by atoms with Crippen molar-refractivity contribution in [3.63, 3.8) is 0 Å². The standard InChI is InChI=1S/C12H11Br2NOS/c1-16-9-5-3-2-4-7(9)11(15)8-6-10(13)17-12(8)14/h2-6,11H,15H2,1H3. The van der Waals surface area contributed by atoms with Crippen molar-refractivity contribution < 1.29 is 4.74 Å². The molecule has 1 unspecified atom stereocenters. The van der Waals surface area contributed by atoms with Gasteiger partial charge in [0.25, 0.3) is 0 Å². The lowest BCUT2D eigenvalue weighted by atomic mass is 10.0. The highest BCUT2D eigenvalue weighted by Crippen LogP contribution is 2.38. The Morgan fingerprint density at radius 3 is 2.53 bits per heavy atom. The monoisotopic (exact) mass is 375 g/mol. The number of para-hydroxylation sites is 1. The SMILES string of the molecule is COc1ccccc1C(N)c1cc(Br)sc1Br. The Morgan fingerprint density at radius 2 is 1.94 bits per heavy atom. The van der Waals surface area contributed by atoms with Crippen molar-refractivity contribution in [1.82, 2.24) is 0 Å². The average molecular weight is 377 g/mol. The first-order valence-electron chi connectivity index (χ1n) is 4.96. The Bertz CT molecular complexity index is 527. The molecule has 0 fully saturated rings. The highest BCUT2D eigenvalue weighted by atomic mass is 79.9. The van der Waals surface area contributed by atoms with Crippen LogP contribution in [0.3, 0.4) is 0 Å². The minimum absolute atomic E-state index is 0.192. The molecule has 2 rings (SSSR count). The van der Waals surface area contributed by atoms with Crippen LogP contribution in [0, 0.1) is 0 Å². The van der Waals surface area contributed by atoms with Crippen LogP contribution in [0.25, 0.3) is 0 Å². The summed E-state index contributed by atoms with van der Waals surface area (Å²) in [6.45, 7) is 0. The fraction of sp³-hybridized carbons (Fsp3) is 0.167. The van der Waals surface area contributed by atoms with E-state index in [0.717, 1.165) is 24.4 Å². The van der Waals surface area contributed by atoms with Gasteiger partial charge in [0.1, 0.15) is 5.75 Å². The molecule has 2 N–H and O–H groups in total.